The van der Waals surface area contributed by atoms with E-state index in [2.05, 4.69) is 26.9 Å². The van der Waals surface area contributed by atoms with Gasteiger partial charge in [0, 0.05) is 37.9 Å². The number of amides is 1. The van der Waals surface area contributed by atoms with Crippen LogP contribution in [0.25, 0.3) is 5.78 Å². The van der Waals surface area contributed by atoms with E-state index in [9.17, 15) is 4.79 Å². The minimum absolute atomic E-state index is 0.0667. The Labute approximate surface area is 158 Å². The highest BCUT2D eigenvalue weighted by Gasteiger charge is 2.28. The van der Waals surface area contributed by atoms with Crippen LogP contribution in [0.2, 0.25) is 0 Å². The largest absolute Gasteiger partial charge is 0.353 e. The summed E-state index contributed by atoms with van der Waals surface area (Å²) in [5.74, 6) is 1.75. The normalized spacial score (nSPS) is 15.9. The molecule has 4 rings (SSSR count). The van der Waals surface area contributed by atoms with Crippen LogP contribution in [-0.4, -0.2) is 56.6 Å². The molecule has 0 bridgehead atoms. The number of benzene rings is 1. The molecule has 0 aliphatic carbocycles. The monoisotopic (exact) mass is 364 g/mol. The van der Waals surface area contributed by atoms with Crippen LogP contribution in [0.3, 0.4) is 0 Å². The third-order valence-corrected chi connectivity index (χ3v) is 5.18. The molecule has 0 spiro atoms. The summed E-state index contributed by atoms with van der Waals surface area (Å²) < 4.78 is 1.77. The second kappa shape index (κ2) is 7.34. The van der Waals surface area contributed by atoms with Gasteiger partial charge in [0.1, 0.15) is 12.1 Å². The highest BCUT2D eigenvalue weighted by molar-refractivity contribution is 5.84. The molecule has 7 heteroatoms. The van der Waals surface area contributed by atoms with Gasteiger partial charge < -0.3 is 9.80 Å². The number of piperazine rings is 1. The number of fused-ring (bicyclic) bond motifs is 1. The highest BCUT2D eigenvalue weighted by Crippen LogP contribution is 2.24. The van der Waals surface area contributed by atoms with E-state index in [-0.39, 0.29) is 11.8 Å². The van der Waals surface area contributed by atoms with Crippen molar-refractivity contribution in [3.63, 3.8) is 0 Å². The van der Waals surface area contributed by atoms with E-state index in [1.54, 1.807) is 4.52 Å². The smallest absolute Gasteiger partial charge is 0.254 e. The Bertz CT molecular complexity index is 930. The minimum atomic E-state index is -0.0667. The molecular weight excluding hydrogens is 340 g/mol. The van der Waals surface area contributed by atoms with Crippen molar-refractivity contribution in [2.75, 3.05) is 31.1 Å². The lowest BCUT2D eigenvalue weighted by molar-refractivity contribution is -0.133. The van der Waals surface area contributed by atoms with E-state index in [1.807, 2.05) is 48.2 Å². The summed E-state index contributed by atoms with van der Waals surface area (Å²) in [7, 11) is 0. The van der Waals surface area contributed by atoms with Crippen LogP contribution in [-0.2, 0) is 4.79 Å². The van der Waals surface area contributed by atoms with E-state index >= 15 is 0 Å². The fourth-order valence-corrected chi connectivity index (χ4v) is 3.75. The Hall–Kier alpha value is -2.96. The second-order valence-corrected chi connectivity index (χ2v) is 6.91. The van der Waals surface area contributed by atoms with Gasteiger partial charge in [-0.15, -0.1) is 0 Å². The standard InChI is InChI=1S/C20H24N6O/c1-3-17(16-7-5-4-6-8-16)19(27)25-11-9-24(10-12-25)18-13-15(2)23-20-21-14-22-26(18)20/h4-8,13-14,17H,3,9-12H2,1-2H3/t17-/m0/s1. The van der Waals surface area contributed by atoms with Gasteiger partial charge in [-0.1, -0.05) is 37.3 Å². The zero-order valence-electron chi connectivity index (χ0n) is 15.7. The van der Waals surface area contributed by atoms with Gasteiger partial charge in [0.25, 0.3) is 5.78 Å². The van der Waals surface area contributed by atoms with Gasteiger partial charge >= 0.3 is 0 Å². The Morgan fingerprint density at radius 2 is 1.89 bits per heavy atom. The Morgan fingerprint density at radius 3 is 2.59 bits per heavy atom. The van der Waals surface area contributed by atoms with Crippen molar-refractivity contribution >= 4 is 17.5 Å². The molecule has 140 valence electrons. The molecule has 1 fully saturated rings. The number of carbonyl (C=O) groups excluding carboxylic acids is 1. The number of carbonyl (C=O) groups is 1. The average molecular weight is 364 g/mol. The topological polar surface area (TPSA) is 66.6 Å². The molecule has 1 aromatic carbocycles. The quantitative estimate of drug-likeness (QED) is 0.710. The summed E-state index contributed by atoms with van der Waals surface area (Å²) >= 11 is 0. The molecule has 7 nitrogen and oxygen atoms in total. The number of aromatic nitrogens is 4. The SMILES string of the molecule is CC[C@H](C(=O)N1CCN(c2cc(C)nc3ncnn23)CC1)c1ccccc1. The van der Waals surface area contributed by atoms with Crippen LogP contribution >= 0.6 is 0 Å². The fourth-order valence-electron chi connectivity index (χ4n) is 3.75. The van der Waals surface area contributed by atoms with Crippen molar-refractivity contribution in [3.8, 4) is 0 Å². The molecule has 2 aromatic heterocycles. The van der Waals surface area contributed by atoms with E-state index in [0.717, 1.165) is 36.6 Å². The number of hydrogen-bond acceptors (Lipinski definition) is 5. The maximum Gasteiger partial charge on any atom is 0.254 e. The van der Waals surface area contributed by atoms with Gasteiger partial charge in [-0.25, -0.2) is 4.98 Å². The number of hydrogen-bond donors (Lipinski definition) is 0. The fraction of sp³-hybridized carbons (Fsp3) is 0.400. The molecule has 1 aliphatic rings. The van der Waals surface area contributed by atoms with Crippen LogP contribution in [0.5, 0.6) is 0 Å². The Morgan fingerprint density at radius 1 is 1.15 bits per heavy atom. The maximum atomic E-state index is 13.1. The van der Waals surface area contributed by atoms with Crippen molar-refractivity contribution in [3.05, 3.63) is 54.0 Å². The van der Waals surface area contributed by atoms with Crippen molar-refractivity contribution in [2.24, 2.45) is 0 Å². The minimum Gasteiger partial charge on any atom is -0.353 e. The molecule has 3 aromatic rings. The predicted molar refractivity (Wildman–Crippen MR) is 104 cm³/mol. The average Bonchev–Trinajstić information content (AvgIpc) is 3.17. The summed E-state index contributed by atoms with van der Waals surface area (Å²) in [4.78, 5) is 25.9. The first-order chi connectivity index (χ1) is 13.2. The number of anilines is 1. The molecule has 27 heavy (non-hydrogen) atoms. The maximum absolute atomic E-state index is 13.1. The van der Waals surface area contributed by atoms with Crippen molar-refractivity contribution in [1.82, 2.24) is 24.5 Å². The molecule has 1 saturated heterocycles. The molecule has 0 N–H and O–H groups in total. The van der Waals surface area contributed by atoms with Crippen LogP contribution in [0, 0.1) is 6.92 Å². The van der Waals surface area contributed by atoms with Crippen LogP contribution in [0.15, 0.2) is 42.7 Å². The number of rotatable bonds is 4. The van der Waals surface area contributed by atoms with E-state index in [1.165, 1.54) is 6.33 Å². The van der Waals surface area contributed by atoms with E-state index < -0.39 is 0 Å². The number of aryl methyl sites for hydroxylation is 1. The van der Waals surface area contributed by atoms with Crippen molar-refractivity contribution in [1.29, 1.82) is 0 Å². The van der Waals surface area contributed by atoms with Gasteiger partial charge in [0.05, 0.1) is 5.92 Å². The highest BCUT2D eigenvalue weighted by atomic mass is 16.2. The third-order valence-electron chi connectivity index (χ3n) is 5.18. The molecule has 1 aliphatic heterocycles. The molecule has 1 amide bonds. The molecule has 3 heterocycles. The summed E-state index contributed by atoms with van der Waals surface area (Å²) in [6.07, 6.45) is 2.34. The summed E-state index contributed by atoms with van der Waals surface area (Å²) in [5.41, 5.74) is 2.01. The first-order valence-corrected chi connectivity index (χ1v) is 9.43. The lowest BCUT2D eigenvalue weighted by Gasteiger charge is -2.37. The van der Waals surface area contributed by atoms with E-state index in [0.29, 0.717) is 18.9 Å². The van der Waals surface area contributed by atoms with Gasteiger partial charge in [0.15, 0.2) is 0 Å². The molecule has 1 atom stereocenters. The van der Waals surface area contributed by atoms with Gasteiger partial charge in [0.2, 0.25) is 5.91 Å². The first-order valence-electron chi connectivity index (χ1n) is 9.43. The zero-order chi connectivity index (χ0) is 18.8. The zero-order valence-corrected chi connectivity index (χ0v) is 15.7. The molecule has 0 saturated carbocycles. The summed E-state index contributed by atoms with van der Waals surface area (Å²) in [6, 6.07) is 12.1. The van der Waals surface area contributed by atoms with Crippen LogP contribution in [0.4, 0.5) is 5.82 Å². The molecular formula is C20H24N6O. The second-order valence-electron chi connectivity index (χ2n) is 6.91. The lowest BCUT2D eigenvalue weighted by atomic mass is 9.95. The van der Waals surface area contributed by atoms with Gasteiger partial charge in [-0.2, -0.15) is 14.6 Å². The Kier molecular flexibility index (Phi) is 4.75. The van der Waals surface area contributed by atoms with Crippen molar-refractivity contribution in [2.45, 2.75) is 26.2 Å². The van der Waals surface area contributed by atoms with Gasteiger partial charge in [-0.3, -0.25) is 4.79 Å². The van der Waals surface area contributed by atoms with Crippen LogP contribution < -0.4 is 4.90 Å². The van der Waals surface area contributed by atoms with Crippen LogP contribution in [0.1, 0.15) is 30.5 Å². The predicted octanol–water partition coefficient (Wildman–Crippen LogP) is 2.28. The number of nitrogens with zero attached hydrogens (tertiary/aromatic N) is 6. The van der Waals surface area contributed by atoms with Gasteiger partial charge in [-0.05, 0) is 18.9 Å². The lowest BCUT2D eigenvalue weighted by Crippen LogP contribution is -2.50. The first kappa shape index (κ1) is 17.5. The Balaban J connectivity index is 1.48. The summed E-state index contributed by atoms with van der Waals surface area (Å²) in [6.45, 7) is 7.00. The molecule has 0 unspecified atom stereocenters. The third kappa shape index (κ3) is 3.37. The van der Waals surface area contributed by atoms with Crippen molar-refractivity contribution < 1.29 is 4.79 Å². The van der Waals surface area contributed by atoms with E-state index in [4.69, 9.17) is 0 Å². The summed E-state index contributed by atoms with van der Waals surface area (Å²) in [5, 5.41) is 4.29. The molecule has 0 radical (unpaired) electrons.